The van der Waals surface area contributed by atoms with E-state index in [0.717, 1.165) is 82.6 Å². The predicted octanol–water partition coefficient (Wildman–Crippen LogP) is 14.4. The molecule has 0 bridgehead atoms. The zero-order valence-corrected chi connectivity index (χ0v) is 33.6. The Hall–Kier alpha value is -8.41. The molecule has 0 radical (unpaired) electrons. The molecule has 0 N–H and O–H groups in total. The van der Waals surface area contributed by atoms with Crippen molar-refractivity contribution in [2.75, 3.05) is 0 Å². The Balaban J connectivity index is 1.08. The van der Waals surface area contributed by atoms with E-state index in [4.69, 9.17) is 15.0 Å². The number of hydrogen-bond donors (Lipinski definition) is 0. The predicted molar refractivity (Wildman–Crippen MR) is 256 cm³/mol. The molecule has 9 aromatic carbocycles. The summed E-state index contributed by atoms with van der Waals surface area (Å²) in [5.41, 5.74) is 14.2. The van der Waals surface area contributed by atoms with Crippen molar-refractivity contribution in [3.63, 3.8) is 0 Å². The number of rotatable bonds is 7. The molecule has 0 aliphatic rings. The van der Waals surface area contributed by atoms with Crippen LogP contribution < -0.4 is 0 Å². The number of para-hydroxylation sites is 2. The monoisotopic (exact) mass is 791 g/mol. The molecule has 0 aliphatic heterocycles. The van der Waals surface area contributed by atoms with Crippen molar-refractivity contribution in [3.05, 3.63) is 224 Å². The van der Waals surface area contributed by atoms with E-state index in [2.05, 4.69) is 228 Å². The van der Waals surface area contributed by atoms with E-state index < -0.39 is 0 Å². The Labute approximate surface area is 358 Å². The fraction of sp³-hybridized carbons (Fsp3) is 0. The number of nitrogens with zero attached hydrogens (tertiary/aromatic N) is 5. The van der Waals surface area contributed by atoms with E-state index in [9.17, 15) is 0 Å². The summed E-state index contributed by atoms with van der Waals surface area (Å²) in [5.74, 6) is 1.69. The second-order valence-electron chi connectivity index (χ2n) is 15.7. The van der Waals surface area contributed by atoms with Crippen LogP contribution in [0.5, 0.6) is 0 Å². The van der Waals surface area contributed by atoms with Crippen LogP contribution in [0.2, 0.25) is 0 Å². The number of aromatic nitrogens is 5. The molecule has 290 valence electrons. The number of hydrogen-bond acceptors (Lipinski definition) is 3. The van der Waals surface area contributed by atoms with Gasteiger partial charge in [0.15, 0.2) is 5.82 Å². The van der Waals surface area contributed by atoms with Crippen LogP contribution in [-0.2, 0) is 0 Å². The minimum atomic E-state index is 0.548. The van der Waals surface area contributed by atoms with Crippen LogP contribution in [-0.4, -0.2) is 24.1 Å². The van der Waals surface area contributed by atoms with Gasteiger partial charge in [0, 0.05) is 27.1 Å². The van der Waals surface area contributed by atoms with Gasteiger partial charge in [-0.15, -0.1) is 0 Å². The Morgan fingerprint density at radius 2 is 0.532 bits per heavy atom. The van der Waals surface area contributed by atoms with Crippen molar-refractivity contribution >= 4 is 43.6 Å². The Kier molecular flexibility index (Phi) is 8.42. The highest BCUT2D eigenvalue weighted by molar-refractivity contribution is 6.11. The van der Waals surface area contributed by atoms with Gasteiger partial charge in [0.1, 0.15) is 0 Å². The fourth-order valence-electron chi connectivity index (χ4n) is 8.97. The first-order chi connectivity index (χ1) is 30.7. The highest BCUT2D eigenvalue weighted by atomic mass is 15.3. The molecule has 3 aromatic heterocycles. The van der Waals surface area contributed by atoms with Crippen molar-refractivity contribution in [1.82, 2.24) is 24.1 Å². The summed E-state index contributed by atoms with van der Waals surface area (Å²) in [6, 6.07) is 79.3. The summed E-state index contributed by atoms with van der Waals surface area (Å²) in [4.78, 5) is 16.2. The quantitative estimate of drug-likeness (QED) is 0.162. The molecule has 0 amide bonds. The third kappa shape index (κ3) is 6.06. The lowest BCUT2D eigenvalue weighted by molar-refractivity contribution is 0.893. The van der Waals surface area contributed by atoms with Gasteiger partial charge in [0.2, 0.25) is 11.9 Å². The van der Waals surface area contributed by atoms with Gasteiger partial charge in [0.05, 0.1) is 22.1 Å². The maximum atomic E-state index is 5.45. The molecule has 0 fully saturated rings. The minimum absolute atomic E-state index is 0.548. The van der Waals surface area contributed by atoms with Gasteiger partial charge in [-0.25, -0.2) is 0 Å². The van der Waals surface area contributed by atoms with Gasteiger partial charge in [0.25, 0.3) is 0 Å². The average molecular weight is 792 g/mol. The molecule has 0 saturated carbocycles. The Bertz CT molecular complexity index is 3410. The van der Waals surface area contributed by atoms with Crippen molar-refractivity contribution in [1.29, 1.82) is 0 Å². The lowest BCUT2D eigenvalue weighted by Gasteiger charge is -2.13. The molecular formula is C57H37N5. The maximum absolute atomic E-state index is 5.45. The van der Waals surface area contributed by atoms with Crippen LogP contribution in [0, 0.1) is 0 Å². The largest absolute Gasteiger partial charge is 0.278 e. The lowest BCUT2D eigenvalue weighted by Crippen LogP contribution is -2.10. The number of fused-ring (bicyclic) bond motifs is 6. The highest BCUT2D eigenvalue weighted by Gasteiger charge is 2.21. The molecule has 12 rings (SSSR count). The molecule has 0 aliphatic carbocycles. The fourth-order valence-corrected chi connectivity index (χ4v) is 8.97. The first kappa shape index (κ1) is 35.5. The van der Waals surface area contributed by atoms with Crippen molar-refractivity contribution in [2.24, 2.45) is 0 Å². The molecule has 0 saturated heterocycles. The average Bonchev–Trinajstić information content (AvgIpc) is 3.87. The van der Waals surface area contributed by atoms with Crippen molar-refractivity contribution in [3.8, 4) is 67.8 Å². The van der Waals surface area contributed by atoms with Gasteiger partial charge in [-0.05, 0) is 68.8 Å². The molecule has 62 heavy (non-hydrogen) atoms. The van der Waals surface area contributed by atoms with Gasteiger partial charge in [-0.3, -0.25) is 9.13 Å². The van der Waals surface area contributed by atoms with Crippen LogP contribution in [0.1, 0.15) is 0 Å². The first-order valence-electron chi connectivity index (χ1n) is 20.9. The van der Waals surface area contributed by atoms with Crippen LogP contribution in [0.4, 0.5) is 0 Å². The van der Waals surface area contributed by atoms with Crippen molar-refractivity contribution < 1.29 is 0 Å². The highest BCUT2D eigenvalue weighted by Crippen LogP contribution is 2.38. The van der Waals surface area contributed by atoms with Gasteiger partial charge in [-0.1, -0.05) is 200 Å². The standard InChI is InChI=1S/C57H37N5/c1-4-14-38(15-5-1)41-24-26-42(27-25-41)43-28-30-44(31-29-43)55-58-56(61-51-22-12-10-20-47(51)49-34-32-45(36-53(49)61)39-16-6-2-7-17-39)60-57(59-55)62-52-23-13-11-21-48(52)50-35-33-46(37-54(50)62)40-18-8-3-9-19-40/h1-37H. The SMILES string of the molecule is c1ccc(-c2ccc(-c3ccc(-c4nc(-n5c6ccccc6c6ccc(-c7ccccc7)cc65)nc(-n5c6ccccc6c6ccc(-c7ccccc7)cc65)n4)cc3)cc2)cc1. The molecule has 3 heterocycles. The molecule has 5 nitrogen and oxygen atoms in total. The van der Waals surface area contributed by atoms with E-state index in [0.29, 0.717) is 17.7 Å². The summed E-state index contributed by atoms with van der Waals surface area (Å²) in [7, 11) is 0. The normalized spacial score (nSPS) is 11.5. The maximum Gasteiger partial charge on any atom is 0.240 e. The lowest BCUT2D eigenvalue weighted by atomic mass is 9.99. The van der Waals surface area contributed by atoms with E-state index in [1.165, 1.54) is 11.1 Å². The van der Waals surface area contributed by atoms with Gasteiger partial charge < -0.3 is 0 Å². The van der Waals surface area contributed by atoms with E-state index in [-0.39, 0.29) is 0 Å². The number of benzene rings is 9. The third-order valence-corrected chi connectivity index (χ3v) is 12.0. The molecule has 5 heteroatoms. The van der Waals surface area contributed by atoms with Crippen LogP contribution in [0.15, 0.2) is 224 Å². The molecular weight excluding hydrogens is 755 g/mol. The second-order valence-corrected chi connectivity index (χ2v) is 15.7. The first-order valence-corrected chi connectivity index (χ1v) is 20.9. The minimum Gasteiger partial charge on any atom is -0.278 e. The van der Waals surface area contributed by atoms with E-state index >= 15 is 0 Å². The summed E-state index contributed by atoms with van der Waals surface area (Å²) < 4.78 is 4.41. The molecule has 12 aromatic rings. The Morgan fingerprint density at radius 1 is 0.226 bits per heavy atom. The zero-order valence-electron chi connectivity index (χ0n) is 33.6. The molecule has 0 unspecified atom stereocenters. The second kappa shape index (κ2) is 14.7. The summed E-state index contributed by atoms with van der Waals surface area (Å²) in [6.45, 7) is 0. The van der Waals surface area contributed by atoms with E-state index in [1.807, 2.05) is 6.07 Å². The molecule has 0 spiro atoms. The van der Waals surface area contributed by atoms with E-state index in [1.54, 1.807) is 0 Å². The van der Waals surface area contributed by atoms with Crippen molar-refractivity contribution in [2.45, 2.75) is 0 Å². The Morgan fingerprint density at radius 3 is 0.952 bits per heavy atom. The summed E-state index contributed by atoms with van der Waals surface area (Å²) >= 11 is 0. The topological polar surface area (TPSA) is 48.5 Å². The summed E-state index contributed by atoms with van der Waals surface area (Å²) in [6.07, 6.45) is 0. The third-order valence-electron chi connectivity index (χ3n) is 12.0. The summed E-state index contributed by atoms with van der Waals surface area (Å²) in [5, 5.41) is 4.54. The van der Waals surface area contributed by atoms with Crippen LogP contribution >= 0.6 is 0 Å². The molecule has 0 atom stereocenters. The van der Waals surface area contributed by atoms with Gasteiger partial charge in [-0.2, -0.15) is 15.0 Å². The zero-order chi connectivity index (χ0) is 41.0. The van der Waals surface area contributed by atoms with Crippen LogP contribution in [0.3, 0.4) is 0 Å². The van der Waals surface area contributed by atoms with Crippen LogP contribution in [0.25, 0.3) is 111 Å². The smallest absolute Gasteiger partial charge is 0.240 e. The van der Waals surface area contributed by atoms with Gasteiger partial charge >= 0.3 is 0 Å².